The summed E-state index contributed by atoms with van der Waals surface area (Å²) in [6, 6.07) is 1.80. The van der Waals surface area contributed by atoms with E-state index in [9.17, 15) is 13.5 Å². The minimum atomic E-state index is -3.57. The number of anilines is 1. The van der Waals surface area contributed by atoms with Gasteiger partial charge in [-0.25, -0.2) is 13.1 Å². The molecule has 0 saturated heterocycles. The Morgan fingerprint density at radius 1 is 1.30 bits per heavy atom. The summed E-state index contributed by atoms with van der Waals surface area (Å²) in [5.41, 5.74) is 8.56. The first-order valence-electron chi connectivity index (χ1n) is 6.76. The monoisotopic (exact) mass is 298 g/mol. The predicted octanol–water partition coefficient (Wildman–Crippen LogP) is 1.24. The highest BCUT2D eigenvalue weighted by Crippen LogP contribution is 2.29. The van der Waals surface area contributed by atoms with Crippen molar-refractivity contribution in [2.75, 3.05) is 12.3 Å². The third kappa shape index (κ3) is 2.82. The van der Waals surface area contributed by atoms with Gasteiger partial charge in [0.1, 0.15) is 0 Å². The van der Waals surface area contributed by atoms with Crippen molar-refractivity contribution >= 4 is 15.7 Å². The van der Waals surface area contributed by atoms with Gasteiger partial charge < -0.3 is 10.8 Å². The molecule has 1 aromatic carbocycles. The van der Waals surface area contributed by atoms with Crippen molar-refractivity contribution in [3.63, 3.8) is 0 Å². The highest BCUT2D eigenvalue weighted by Gasteiger charge is 2.29. The minimum Gasteiger partial charge on any atom is -0.398 e. The van der Waals surface area contributed by atoms with Gasteiger partial charge in [0, 0.05) is 12.2 Å². The number of benzene rings is 1. The third-order valence-corrected chi connectivity index (χ3v) is 5.82. The molecule has 0 bridgehead atoms. The molecular formula is C14H22N2O3S. The van der Waals surface area contributed by atoms with Gasteiger partial charge >= 0.3 is 0 Å². The lowest BCUT2D eigenvalue weighted by Gasteiger charge is -2.31. The Labute approximate surface area is 120 Å². The van der Waals surface area contributed by atoms with E-state index >= 15 is 0 Å². The largest absolute Gasteiger partial charge is 0.398 e. The number of hydrogen-bond donors (Lipinski definition) is 3. The molecule has 1 fully saturated rings. The van der Waals surface area contributed by atoms with E-state index in [2.05, 4.69) is 4.72 Å². The molecule has 0 heterocycles. The Balaban J connectivity index is 2.25. The third-order valence-electron chi connectivity index (χ3n) is 4.12. The predicted molar refractivity (Wildman–Crippen MR) is 79.0 cm³/mol. The van der Waals surface area contributed by atoms with Crippen molar-refractivity contribution in [2.24, 2.45) is 5.92 Å². The van der Waals surface area contributed by atoms with Crippen LogP contribution in [0.3, 0.4) is 0 Å². The molecule has 0 radical (unpaired) electrons. The molecule has 0 aromatic heterocycles. The number of nitrogen functional groups attached to an aromatic ring is 1. The maximum Gasteiger partial charge on any atom is 0.241 e. The molecule has 1 aromatic rings. The molecule has 112 valence electrons. The SMILES string of the molecule is Cc1cc(N)c(C)c(S(=O)(=O)NCC2CC(O)C2)c1C. The van der Waals surface area contributed by atoms with Crippen LogP contribution in [0.2, 0.25) is 0 Å². The second-order valence-electron chi connectivity index (χ2n) is 5.70. The van der Waals surface area contributed by atoms with Gasteiger partial charge in [0.15, 0.2) is 0 Å². The lowest BCUT2D eigenvalue weighted by molar-refractivity contribution is 0.0453. The number of nitrogens with one attached hydrogen (secondary N) is 1. The fraction of sp³-hybridized carbons (Fsp3) is 0.571. The quantitative estimate of drug-likeness (QED) is 0.729. The Hall–Kier alpha value is -1.11. The van der Waals surface area contributed by atoms with E-state index in [0.29, 0.717) is 30.6 Å². The lowest BCUT2D eigenvalue weighted by atomic mass is 9.83. The first-order valence-corrected chi connectivity index (χ1v) is 8.24. The van der Waals surface area contributed by atoms with Crippen LogP contribution < -0.4 is 10.5 Å². The smallest absolute Gasteiger partial charge is 0.241 e. The normalized spacial score (nSPS) is 22.6. The maximum absolute atomic E-state index is 12.5. The first kappa shape index (κ1) is 15.3. The van der Waals surface area contributed by atoms with E-state index < -0.39 is 10.0 Å². The summed E-state index contributed by atoms with van der Waals surface area (Å²) in [4.78, 5) is 0.287. The van der Waals surface area contributed by atoms with E-state index in [-0.39, 0.29) is 16.9 Å². The molecular weight excluding hydrogens is 276 g/mol. The Kier molecular flexibility index (Phi) is 4.09. The molecule has 0 aliphatic heterocycles. The Bertz CT molecular complexity index is 594. The number of aliphatic hydroxyl groups is 1. The van der Waals surface area contributed by atoms with Gasteiger partial charge in [-0.1, -0.05) is 0 Å². The van der Waals surface area contributed by atoms with E-state index in [1.807, 2.05) is 6.92 Å². The van der Waals surface area contributed by atoms with E-state index in [1.54, 1.807) is 19.9 Å². The fourth-order valence-electron chi connectivity index (χ4n) is 2.61. The molecule has 1 aliphatic carbocycles. The molecule has 6 heteroatoms. The molecule has 2 rings (SSSR count). The second kappa shape index (κ2) is 5.35. The van der Waals surface area contributed by atoms with Crippen LogP contribution >= 0.6 is 0 Å². The summed E-state index contributed by atoms with van der Waals surface area (Å²) in [6.07, 6.45) is 1.05. The molecule has 0 amide bonds. The van der Waals surface area contributed by atoms with Gasteiger partial charge in [0.05, 0.1) is 11.0 Å². The summed E-state index contributed by atoms with van der Waals surface area (Å²) < 4.78 is 27.6. The van der Waals surface area contributed by atoms with Crippen molar-refractivity contribution in [1.29, 1.82) is 0 Å². The number of aliphatic hydroxyl groups excluding tert-OH is 1. The maximum atomic E-state index is 12.5. The summed E-state index contributed by atoms with van der Waals surface area (Å²) in [5.74, 6) is 0.225. The zero-order valence-corrected chi connectivity index (χ0v) is 12.9. The topological polar surface area (TPSA) is 92.4 Å². The summed E-state index contributed by atoms with van der Waals surface area (Å²) >= 11 is 0. The van der Waals surface area contributed by atoms with E-state index in [4.69, 9.17) is 5.73 Å². The van der Waals surface area contributed by atoms with Crippen LogP contribution in [0.1, 0.15) is 29.5 Å². The second-order valence-corrected chi connectivity index (χ2v) is 7.41. The fourth-order valence-corrected chi connectivity index (χ4v) is 4.30. The molecule has 0 spiro atoms. The van der Waals surface area contributed by atoms with Crippen LogP contribution in [0, 0.1) is 26.7 Å². The van der Waals surface area contributed by atoms with E-state index in [0.717, 1.165) is 11.1 Å². The van der Waals surface area contributed by atoms with Crippen LogP contribution in [0.5, 0.6) is 0 Å². The Morgan fingerprint density at radius 2 is 1.90 bits per heavy atom. The molecule has 4 N–H and O–H groups in total. The Morgan fingerprint density at radius 3 is 2.45 bits per heavy atom. The van der Waals surface area contributed by atoms with Crippen LogP contribution in [-0.4, -0.2) is 26.2 Å². The van der Waals surface area contributed by atoms with Gasteiger partial charge in [0.2, 0.25) is 10.0 Å². The number of aryl methyl sites for hydroxylation is 1. The van der Waals surface area contributed by atoms with Crippen LogP contribution in [-0.2, 0) is 10.0 Å². The van der Waals surface area contributed by atoms with Gasteiger partial charge in [0.25, 0.3) is 0 Å². The van der Waals surface area contributed by atoms with Crippen LogP contribution in [0.15, 0.2) is 11.0 Å². The lowest BCUT2D eigenvalue weighted by Crippen LogP contribution is -2.38. The minimum absolute atomic E-state index is 0.225. The molecule has 0 unspecified atom stereocenters. The van der Waals surface area contributed by atoms with Crippen molar-refractivity contribution in [2.45, 2.75) is 44.6 Å². The van der Waals surface area contributed by atoms with Gasteiger partial charge in [-0.2, -0.15) is 0 Å². The zero-order valence-electron chi connectivity index (χ0n) is 12.1. The van der Waals surface area contributed by atoms with Crippen molar-refractivity contribution < 1.29 is 13.5 Å². The zero-order chi connectivity index (χ0) is 15.1. The summed E-state index contributed by atoms with van der Waals surface area (Å²) in [6.45, 7) is 5.74. The number of hydrogen-bond acceptors (Lipinski definition) is 4. The molecule has 5 nitrogen and oxygen atoms in total. The highest BCUT2D eigenvalue weighted by molar-refractivity contribution is 7.89. The molecule has 1 saturated carbocycles. The first-order chi connectivity index (χ1) is 9.22. The standard InChI is InChI=1S/C14H22N2O3S/c1-8-4-13(15)10(3)14(9(8)2)20(18,19)16-7-11-5-12(17)6-11/h4,11-12,16-17H,5-7,15H2,1-3H3. The summed E-state index contributed by atoms with van der Waals surface area (Å²) in [5, 5.41) is 9.23. The average Bonchev–Trinajstić information content (AvgIpc) is 2.31. The number of sulfonamides is 1. The summed E-state index contributed by atoms with van der Waals surface area (Å²) in [7, 11) is -3.57. The average molecular weight is 298 g/mol. The number of rotatable bonds is 4. The van der Waals surface area contributed by atoms with Crippen LogP contribution in [0.25, 0.3) is 0 Å². The number of nitrogens with two attached hydrogens (primary N) is 1. The van der Waals surface area contributed by atoms with Gasteiger partial charge in [-0.15, -0.1) is 0 Å². The van der Waals surface area contributed by atoms with Gasteiger partial charge in [-0.3, -0.25) is 0 Å². The molecule has 1 aliphatic rings. The molecule has 20 heavy (non-hydrogen) atoms. The van der Waals surface area contributed by atoms with E-state index in [1.165, 1.54) is 0 Å². The highest BCUT2D eigenvalue weighted by atomic mass is 32.2. The van der Waals surface area contributed by atoms with Crippen molar-refractivity contribution in [3.05, 3.63) is 22.8 Å². The van der Waals surface area contributed by atoms with Gasteiger partial charge in [-0.05, 0) is 62.3 Å². The van der Waals surface area contributed by atoms with Crippen molar-refractivity contribution in [3.8, 4) is 0 Å². The van der Waals surface area contributed by atoms with Crippen LogP contribution in [0.4, 0.5) is 5.69 Å². The molecule has 0 atom stereocenters. The van der Waals surface area contributed by atoms with Crippen molar-refractivity contribution in [1.82, 2.24) is 4.72 Å².